The maximum absolute atomic E-state index is 11.0. The van der Waals surface area contributed by atoms with Gasteiger partial charge in [-0.1, -0.05) is 0 Å². The Morgan fingerprint density at radius 3 is 2.84 bits per heavy atom. The van der Waals surface area contributed by atoms with Crippen LogP contribution in [0.25, 0.3) is 11.0 Å². The third-order valence-corrected chi connectivity index (χ3v) is 3.73. The molecule has 0 bridgehead atoms. The highest BCUT2D eigenvalue weighted by Crippen LogP contribution is 2.20. The maximum atomic E-state index is 11.0. The van der Waals surface area contributed by atoms with Crippen LogP contribution in [-0.4, -0.2) is 37.9 Å². The van der Waals surface area contributed by atoms with Crippen molar-refractivity contribution in [3.05, 3.63) is 23.0 Å². The first-order chi connectivity index (χ1) is 8.90. The van der Waals surface area contributed by atoms with Gasteiger partial charge in [0.25, 0.3) is 0 Å². The Balaban J connectivity index is 2.28. The van der Waals surface area contributed by atoms with Crippen molar-refractivity contribution in [3.63, 3.8) is 0 Å². The lowest BCUT2D eigenvalue weighted by Gasteiger charge is -2.05. The highest BCUT2D eigenvalue weighted by molar-refractivity contribution is 7.88. The van der Waals surface area contributed by atoms with E-state index in [1.807, 2.05) is 22.8 Å². The molecule has 1 aromatic carbocycles. The van der Waals surface area contributed by atoms with E-state index in [1.165, 1.54) is 0 Å². The predicted octanol–water partition coefficient (Wildman–Crippen LogP) is 1.26. The molecule has 0 fully saturated rings. The molecule has 104 valence electrons. The van der Waals surface area contributed by atoms with Gasteiger partial charge < -0.3 is 14.3 Å². The van der Waals surface area contributed by atoms with Gasteiger partial charge in [0.05, 0.1) is 24.4 Å². The van der Waals surface area contributed by atoms with Gasteiger partial charge in [-0.3, -0.25) is 0 Å². The van der Waals surface area contributed by atoms with Crippen molar-refractivity contribution >= 4 is 33.3 Å². The molecule has 0 aliphatic carbocycles. The van der Waals surface area contributed by atoms with Crippen LogP contribution in [0.5, 0.6) is 5.75 Å². The molecule has 6 nitrogen and oxygen atoms in total. The molecule has 2 N–H and O–H groups in total. The zero-order valence-electron chi connectivity index (χ0n) is 10.6. The van der Waals surface area contributed by atoms with Gasteiger partial charge in [0.2, 0.25) is 10.0 Å². The first-order valence-corrected chi connectivity index (χ1v) is 7.92. The quantitative estimate of drug-likeness (QED) is 0.815. The second-order valence-corrected chi connectivity index (χ2v) is 6.35. The summed E-state index contributed by atoms with van der Waals surface area (Å²) in [5.41, 5.74) is 1.78. The Labute approximate surface area is 116 Å². The lowest BCUT2D eigenvalue weighted by Crippen LogP contribution is -2.26. The fourth-order valence-corrected chi connectivity index (χ4v) is 2.60. The third kappa shape index (κ3) is 3.34. The minimum Gasteiger partial charge on any atom is -0.497 e. The Hall–Kier alpha value is -1.38. The van der Waals surface area contributed by atoms with Crippen molar-refractivity contribution in [2.45, 2.75) is 6.54 Å². The highest BCUT2D eigenvalue weighted by atomic mass is 32.2. The lowest BCUT2D eigenvalue weighted by atomic mass is 10.3. The smallest absolute Gasteiger partial charge is 0.208 e. The van der Waals surface area contributed by atoms with E-state index >= 15 is 0 Å². The number of imidazole rings is 1. The monoisotopic (exact) mass is 301 g/mol. The summed E-state index contributed by atoms with van der Waals surface area (Å²) in [5.74, 6) is 0.741. The molecule has 0 saturated carbocycles. The zero-order chi connectivity index (χ0) is 14.0. The number of ether oxygens (including phenoxy) is 1. The number of aromatic nitrogens is 2. The molecule has 0 amide bonds. The molecule has 2 aromatic rings. The fourth-order valence-electron chi connectivity index (χ4n) is 1.83. The number of benzene rings is 1. The van der Waals surface area contributed by atoms with Gasteiger partial charge in [-0.05, 0) is 24.4 Å². The van der Waals surface area contributed by atoms with Crippen molar-refractivity contribution in [2.24, 2.45) is 0 Å². The van der Waals surface area contributed by atoms with Crippen LogP contribution in [0.15, 0.2) is 18.2 Å². The SMILES string of the molecule is COc1ccc2c(c1)[nH]c(=S)n2CCNS(C)(=O)=O. The molecular weight excluding hydrogens is 286 g/mol. The van der Waals surface area contributed by atoms with E-state index in [9.17, 15) is 8.42 Å². The Morgan fingerprint density at radius 2 is 2.21 bits per heavy atom. The molecule has 0 spiro atoms. The van der Waals surface area contributed by atoms with Crippen molar-refractivity contribution in [2.75, 3.05) is 19.9 Å². The summed E-state index contributed by atoms with van der Waals surface area (Å²) in [4.78, 5) is 3.07. The summed E-state index contributed by atoms with van der Waals surface area (Å²) >= 11 is 5.23. The first-order valence-electron chi connectivity index (χ1n) is 5.62. The molecule has 0 unspecified atom stereocenters. The number of methoxy groups -OCH3 is 1. The van der Waals surface area contributed by atoms with Crippen molar-refractivity contribution in [3.8, 4) is 5.75 Å². The second-order valence-electron chi connectivity index (χ2n) is 4.13. The van der Waals surface area contributed by atoms with Crippen LogP contribution in [-0.2, 0) is 16.6 Å². The number of H-pyrrole nitrogens is 1. The van der Waals surface area contributed by atoms with E-state index in [2.05, 4.69) is 9.71 Å². The Kier molecular flexibility index (Phi) is 3.93. The van der Waals surface area contributed by atoms with Gasteiger partial charge in [0, 0.05) is 19.2 Å². The van der Waals surface area contributed by atoms with Crippen LogP contribution in [0, 0.1) is 4.77 Å². The topological polar surface area (TPSA) is 76.1 Å². The van der Waals surface area contributed by atoms with E-state index in [0.717, 1.165) is 23.0 Å². The summed E-state index contributed by atoms with van der Waals surface area (Å²) in [7, 11) is -1.58. The van der Waals surface area contributed by atoms with Gasteiger partial charge in [-0.15, -0.1) is 0 Å². The minimum atomic E-state index is -3.18. The average Bonchev–Trinajstić information content (AvgIpc) is 2.63. The number of nitrogens with one attached hydrogen (secondary N) is 2. The number of hydrogen-bond acceptors (Lipinski definition) is 4. The summed E-state index contributed by atoms with van der Waals surface area (Å²) in [5, 5.41) is 0. The van der Waals surface area contributed by atoms with Crippen molar-refractivity contribution in [1.82, 2.24) is 14.3 Å². The van der Waals surface area contributed by atoms with E-state index in [4.69, 9.17) is 17.0 Å². The van der Waals surface area contributed by atoms with Gasteiger partial charge >= 0.3 is 0 Å². The molecule has 1 aromatic heterocycles. The molecule has 1 heterocycles. The van der Waals surface area contributed by atoms with Crippen LogP contribution in [0.4, 0.5) is 0 Å². The van der Waals surface area contributed by atoms with E-state index in [0.29, 0.717) is 17.9 Å². The molecule has 0 aliphatic rings. The summed E-state index contributed by atoms with van der Waals surface area (Å²) < 4.78 is 32.0. The average molecular weight is 301 g/mol. The van der Waals surface area contributed by atoms with E-state index in [1.54, 1.807) is 7.11 Å². The molecule has 2 rings (SSSR count). The zero-order valence-corrected chi connectivity index (χ0v) is 12.3. The minimum absolute atomic E-state index is 0.298. The van der Waals surface area contributed by atoms with Crippen molar-refractivity contribution < 1.29 is 13.2 Å². The number of aromatic amines is 1. The molecule has 8 heteroatoms. The first kappa shape index (κ1) is 14.0. The number of fused-ring (bicyclic) bond motifs is 1. The molecule has 19 heavy (non-hydrogen) atoms. The molecular formula is C11H15N3O3S2. The number of nitrogens with zero attached hydrogens (tertiary/aromatic N) is 1. The molecule has 0 saturated heterocycles. The van der Waals surface area contributed by atoms with Gasteiger partial charge in [0.15, 0.2) is 4.77 Å². The highest BCUT2D eigenvalue weighted by Gasteiger charge is 2.06. The molecule has 0 aliphatic heterocycles. The number of sulfonamides is 1. The van der Waals surface area contributed by atoms with Gasteiger partial charge in [-0.25, -0.2) is 13.1 Å². The standard InChI is InChI=1S/C11H15N3O3S2/c1-17-8-3-4-10-9(7-8)13-11(18)14(10)6-5-12-19(2,15)16/h3-4,7,12H,5-6H2,1-2H3,(H,13,18). The predicted molar refractivity (Wildman–Crippen MR) is 76.5 cm³/mol. The van der Waals surface area contributed by atoms with Crippen LogP contribution < -0.4 is 9.46 Å². The summed E-state index contributed by atoms with van der Waals surface area (Å²) in [6.07, 6.45) is 1.13. The largest absolute Gasteiger partial charge is 0.497 e. The summed E-state index contributed by atoms with van der Waals surface area (Å²) in [6.45, 7) is 0.768. The molecule has 0 radical (unpaired) electrons. The van der Waals surface area contributed by atoms with Crippen LogP contribution in [0.2, 0.25) is 0 Å². The number of hydrogen-bond donors (Lipinski definition) is 2. The van der Waals surface area contributed by atoms with Crippen LogP contribution >= 0.6 is 12.2 Å². The fraction of sp³-hybridized carbons (Fsp3) is 0.364. The Morgan fingerprint density at radius 1 is 1.47 bits per heavy atom. The summed E-state index contributed by atoms with van der Waals surface area (Å²) in [6, 6.07) is 5.58. The number of rotatable bonds is 5. The Bertz CT molecular complexity index is 746. The van der Waals surface area contributed by atoms with E-state index < -0.39 is 10.0 Å². The van der Waals surface area contributed by atoms with Crippen LogP contribution in [0.1, 0.15) is 0 Å². The third-order valence-electron chi connectivity index (χ3n) is 2.68. The van der Waals surface area contributed by atoms with E-state index in [-0.39, 0.29) is 0 Å². The molecule has 0 atom stereocenters. The van der Waals surface area contributed by atoms with Gasteiger partial charge in [-0.2, -0.15) is 0 Å². The van der Waals surface area contributed by atoms with Crippen LogP contribution in [0.3, 0.4) is 0 Å². The lowest BCUT2D eigenvalue weighted by molar-refractivity contribution is 0.415. The second kappa shape index (κ2) is 5.32. The van der Waals surface area contributed by atoms with Crippen molar-refractivity contribution in [1.29, 1.82) is 0 Å². The maximum Gasteiger partial charge on any atom is 0.208 e. The van der Waals surface area contributed by atoms with Gasteiger partial charge in [0.1, 0.15) is 5.75 Å². The normalized spacial score (nSPS) is 11.9.